The number of nitrogens with zero attached hydrogens (tertiary/aromatic N) is 4. The van der Waals surface area contributed by atoms with Crippen LogP contribution in [0.4, 0.5) is 15.3 Å². The van der Waals surface area contributed by atoms with Gasteiger partial charge in [-0.25, -0.2) is 9.59 Å². The van der Waals surface area contributed by atoms with E-state index in [0.717, 1.165) is 26.8 Å². The van der Waals surface area contributed by atoms with Crippen LogP contribution in [0.15, 0.2) is 23.8 Å². The zero-order valence-electron chi connectivity index (χ0n) is 20.5. The molecule has 188 valence electrons. The van der Waals surface area contributed by atoms with Gasteiger partial charge in [-0.1, -0.05) is 6.07 Å². The maximum atomic E-state index is 13.5. The summed E-state index contributed by atoms with van der Waals surface area (Å²) in [6, 6.07) is 3.15. The van der Waals surface area contributed by atoms with Gasteiger partial charge in [0.15, 0.2) is 5.41 Å². The van der Waals surface area contributed by atoms with Crippen LogP contribution in [0.25, 0.3) is 6.08 Å². The largest absolute Gasteiger partial charge is 0.367 e. The maximum absolute atomic E-state index is 13.5. The monoisotopic (exact) mass is 493 g/mol. The second-order valence-corrected chi connectivity index (χ2v) is 9.98. The van der Waals surface area contributed by atoms with Gasteiger partial charge in [0.25, 0.3) is 11.8 Å². The van der Waals surface area contributed by atoms with Crippen LogP contribution in [0.3, 0.4) is 0 Å². The number of amides is 8. The molecule has 0 aromatic heterocycles. The van der Waals surface area contributed by atoms with E-state index < -0.39 is 47.1 Å². The highest BCUT2D eigenvalue weighted by Crippen LogP contribution is 2.49. The van der Waals surface area contributed by atoms with Gasteiger partial charge in [-0.3, -0.25) is 39.2 Å². The Morgan fingerprint density at radius 1 is 1.03 bits per heavy atom. The number of carbonyl (C=O) groups excluding carboxylic acids is 6. The molecule has 0 bridgehead atoms. The van der Waals surface area contributed by atoms with E-state index in [2.05, 4.69) is 10.2 Å². The van der Waals surface area contributed by atoms with Crippen molar-refractivity contribution in [2.75, 3.05) is 25.5 Å². The number of hydrogen-bond donors (Lipinski definition) is 1. The van der Waals surface area contributed by atoms with Gasteiger partial charge in [-0.05, 0) is 62.4 Å². The summed E-state index contributed by atoms with van der Waals surface area (Å²) in [5.41, 5.74) is 0.493. The summed E-state index contributed by atoms with van der Waals surface area (Å²) in [7, 11) is 2.78. The molecule has 0 saturated carbocycles. The van der Waals surface area contributed by atoms with E-state index in [1.807, 2.05) is 6.07 Å². The molecule has 3 saturated heterocycles. The Morgan fingerprint density at radius 2 is 1.69 bits per heavy atom. The fraction of sp³-hybridized carbons (Fsp3) is 0.440. The normalized spacial score (nSPS) is 24.8. The van der Waals surface area contributed by atoms with E-state index in [0.29, 0.717) is 24.1 Å². The summed E-state index contributed by atoms with van der Waals surface area (Å²) in [4.78, 5) is 82.0. The Bertz CT molecular complexity index is 1260. The van der Waals surface area contributed by atoms with Crippen LogP contribution in [-0.2, 0) is 25.6 Å². The number of carbonyl (C=O) groups is 6. The molecule has 11 nitrogen and oxygen atoms in total. The fourth-order valence-corrected chi connectivity index (χ4v) is 5.93. The molecule has 1 spiro atoms. The van der Waals surface area contributed by atoms with Crippen LogP contribution in [0.2, 0.25) is 0 Å². The molecule has 4 aliphatic heterocycles. The van der Waals surface area contributed by atoms with Crippen LogP contribution in [0, 0.1) is 5.41 Å². The third-order valence-electron chi connectivity index (χ3n) is 7.61. The number of nitrogens with one attached hydrogen (secondary N) is 1. The van der Waals surface area contributed by atoms with E-state index in [9.17, 15) is 28.8 Å². The van der Waals surface area contributed by atoms with Crippen molar-refractivity contribution < 1.29 is 28.8 Å². The predicted octanol–water partition coefficient (Wildman–Crippen LogP) is 1.12. The first-order chi connectivity index (χ1) is 17.0. The number of fused-ring (bicyclic) bond motifs is 4. The van der Waals surface area contributed by atoms with Gasteiger partial charge in [-0.2, -0.15) is 0 Å². The first-order valence-electron chi connectivity index (χ1n) is 11.9. The van der Waals surface area contributed by atoms with Gasteiger partial charge in [0.05, 0.1) is 6.04 Å². The summed E-state index contributed by atoms with van der Waals surface area (Å²) >= 11 is 0. The second-order valence-electron chi connectivity index (χ2n) is 9.98. The molecule has 4 heterocycles. The maximum Gasteiger partial charge on any atom is 0.332 e. The van der Waals surface area contributed by atoms with Crippen LogP contribution < -0.4 is 10.2 Å². The molecule has 1 atom stereocenters. The molecular weight excluding hydrogens is 466 g/mol. The SMILES string of the molecule is CC(C)N1C(=O)NC(=O)C(=Cc2ccc3c(c2)CC2(C(=O)N(C)C(=O)N(C)C2=O)C2CCCN32)C1=O. The molecule has 8 amide bonds. The topological polar surface area (TPSA) is 127 Å². The smallest absolute Gasteiger partial charge is 0.332 e. The van der Waals surface area contributed by atoms with Crippen molar-refractivity contribution in [3.05, 3.63) is 34.9 Å². The molecule has 3 fully saturated rings. The Morgan fingerprint density at radius 3 is 2.33 bits per heavy atom. The quantitative estimate of drug-likeness (QED) is 0.372. The lowest BCUT2D eigenvalue weighted by molar-refractivity contribution is -0.159. The second kappa shape index (κ2) is 8.00. The van der Waals surface area contributed by atoms with Gasteiger partial charge in [0.1, 0.15) is 5.57 Å². The van der Waals surface area contributed by atoms with E-state index >= 15 is 0 Å². The molecule has 1 unspecified atom stereocenters. The summed E-state index contributed by atoms with van der Waals surface area (Å²) in [5.74, 6) is -2.51. The first-order valence-corrected chi connectivity index (χ1v) is 11.9. The van der Waals surface area contributed by atoms with Gasteiger partial charge in [0, 0.05) is 32.4 Å². The van der Waals surface area contributed by atoms with Gasteiger partial charge < -0.3 is 4.90 Å². The number of imide groups is 4. The average molecular weight is 494 g/mol. The molecular formula is C25H27N5O6. The van der Waals surface area contributed by atoms with Crippen molar-refractivity contribution in [1.29, 1.82) is 0 Å². The van der Waals surface area contributed by atoms with Crippen LogP contribution >= 0.6 is 0 Å². The first kappa shape index (κ1) is 23.7. The van der Waals surface area contributed by atoms with Gasteiger partial charge in [-0.15, -0.1) is 0 Å². The minimum atomic E-state index is -1.44. The van der Waals surface area contributed by atoms with Crippen molar-refractivity contribution in [3.8, 4) is 0 Å². The average Bonchev–Trinajstić information content (AvgIpc) is 3.33. The molecule has 5 rings (SSSR count). The number of barbiturate groups is 2. The number of benzene rings is 1. The molecule has 1 N–H and O–H groups in total. The summed E-state index contributed by atoms with van der Waals surface area (Å²) in [6.07, 6.45) is 2.95. The van der Waals surface area contributed by atoms with E-state index in [-0.39, 0.29) is 18.0 Å². The van der Waals surface area contributed by atoms with Gasteiger partial charge >= 0.3 is 12.1 Å². The van der Waals surface area contributed by atoms with Crippen LogP contribution in [-0.4, -0.2) is 83.1 Å². The Labute approximate surface area is 207 Å². The fourth-order valence-electron chi connectivity index (χ4n) is 5.93. The molecule has 1 aromatic rings. The van der Waals surface area contributed by atoms with Crippen molar-refractivity contribution >= 4 is 47.5 Å². The molecule has 11 heteroatoms. The van der Waals surface area contributed by atoms with Crippen LogP contribution in [0.1, 0.15) is 37.8 Å². The summed E-state index contributed by atoms with van der Waals surface area (Å²) in [5, 5.41) is 2.19. The van der Waals surface area contributed by atoms with Gasteiger partial charge in [0.2, 0.25) is 11.8 Å². The Balaban J connectivity index is 1.59. The van der Waals surface area contributed by atoms with E-state index in [1.54, 1.807) is 26.0 Å². The van der Waals surface area contributed by atoms with Crippen molar-refractivity contribution in [2.45, 2.75) is 45.2 Å². The van der Waals surface area contributed by atoms with Crippen molar-refractivity contribution in [2.24, 2.45) is 5.41 Å². The van der Waals surface area contributed by atoms with Crippen LogP contribution in [0.5, 0.6) is 0 Å². The number of urea groups is 2. The highest BCUT2D eigenvalue weighted by atomic mass is 16.2. The molecule has 36 heavy (non-hydrogen) atoms. The lowest BCUT2D eigenvalue weighted by Crippen LogP contribution is -2.70. The lowest BCUT2D eigenvalue weighted by Gasteiger charge is -2.50. The van der Waals surface area contributed by atoms with Crippen molar-refractivity contribution in [3.63, 3.8) is 0 Å². The molecule has 4 aliphatic rings. The van der Waals surface area contributed by atoms with Crippen molar-refractivity contribution in [1.82, 2.24) is 20.0 Å². The van der Waals surface area contributed by atoms with E-state index in [4.69, 9.17) is 0 Å². The third kappa shape index (κ3) is 3.11. The zero-order valence-corrected chi connectivity index (χ0v) is 20.5. The standard InChI is InChI=1S/C25H27N5O6/c1-13(2)30-20(32)16(19(31)26-23(30)35)11-14-7-8-17-15(10-14)12-25(18-6-5-9-29(17)18)21(33)27(3)24(36)28(4)22(25)34/h7-8,10-11,13,18H,5-6,9,12H2,1-4H3,(H,26,31,35). The zero-order chi connectivity index (χ0) is 26.1. The summed E-state index contributed by atoms with van der Waals surface area (Å²) < 4.78 is 0. The highest BCUT2D eigenvalue weighted by molar-refractivity contribution is 6.31. The minimum absolute atomic E-state index is 0.0941. The van der Waals surface area contributed by atoms with E-state index in [1.165, 1.54) is 20.2 Å². The number of rotatable bonds is 2. The third-order valence-corrected chi connectivity index (χ3v) is 7.61. The molecule has 0 aliphatic carbocycles. The summed E-state index contributed by atoms with van der Waals surface area (Å²) in [6.45, 7) is 4.01. The predicted molar refractivity (Wildman–Crippen MR) is 127 cm³/mol. The number of anilines is 1. The minimum Gasteiger partial charge on any atom is -0.367 e. The Hall–Kier alpha value is -4.02. The molecule has 1 aromatic carbocycles. The molecule has 0 radical (unpaired) electrons. The Kier molecular flexibility index (Phi) is 5.27. The number of hydrogen-bond acceptors (Lipinski definition) is 7. The highest BCUT2D eigenvalue weighted by Gasteiger charge is 2.63. The lowest BCUT2D eigenvalue weighted by atomic mass is 9.68.